The third kappa shape index (κ3) is 3.99. The Hall–Kier alpha value is -3.04. The second kappa shape index (κ2) is 8.00. The highest BCUT2D eigenvalue weighted by Crippen LogP contribution is 2.20. The highest BCUT2D eigenvalue weighted by Gasteiger charge is 2.30. The van der Waals surface area contributed by atoms with Crippen molar-refractivity contribution in [3.63, 3.8) is 0 Å². The van der Waals surface area contributed by atoms with Gasteiger partial charge in [0.1, 0.15) is 0 Å². The van der Waals surface area contributed by atoms with Crippen molar-refractivity contribution in [1.82, 2.24) is 19.3 Å². The van der Waals surface area contributed by atoms with Crippen LogP contribution in [-0.2, 0) is 10.0 Å². The van der Waals surface area contributed by atoms with E-state index in [-0.39, 0.29) is 23.9 Å². The number of carbonyl (C=O) groups excluding carboxylic acids is 1. The first-order chi connectivity index (χ1) is 14.3. The molecule has 0 N–H and O–H groups in total. The van der Waals surface area contributed by atoms with Crippen LogP contribution in [0.2, 0.25) is 0 Å². The van der Waals surface area contributed by atoms with E-state index >= 15 is 0 Å². The normalized spacial score (nSPS) is 15.3. The van der Waals surface area contributed by atoms with E-state index in [9.17, 15) is 13.2 Å². The molecule has 2 aromatic carbocycles. The SMILES string of the molecule is Cc1ccc(S(=O)(=O)N2CCN(C(=O)c3ccc(-c4noc(C)n4)cc3)CC2)cc1. The van der Waals surface area contributed by atoms with Gasteiger partial charge in [-0.1, -0.05) is 35.0 Å². The first kappa shape index (κ1) is 20.2. The fourth-order valence-corrected chi connectivity index (χ4v) is 4.77. The van der Waals surface area contributed by atoms with Crippen LogP contribution in [0.4, 0.5) is 0 Å². The van der Waals surface area contributed by atoms with E-state index in [1.54, 1.807) is 60.4 Å². The van der Waals surface area contributed by atoms with E-state index < -0.39 is 10.0 Å². The average Bonchev–Trinajstić information content (AvgIpc) is 3.20. The highest BCUT2D eigenvalue weighted by atomic mass is 32.2. The molecule has 3 aromatic rings. The molecule has 156 valence electrons. The highest BCUT2D eigenvalue weighted by molar-refractivity contribution is 7.89. The van der Waals surface area contributed by atoms with E-state index in [2.05, 4.69) is 10.1 Å². The molecule has 0 aliphatic carbocycles. The number of sulfonamides is 1. The van der Waals surface area contributed by atoms with Gasteiger partial charge in [-0.2, -0.15) is 9.29 Å². The van der Waals surface area contributed by atoms with Gasteiger partial charge in [-0.15, -0.1) is 0 Å². The molecule has 1 aliphatic heterocycles. The van der Waals surface area contributed by atoms with E-state index in [4.69, 9.17) is 4.52 Å². The minimum absolute atomic E-state index is 0.127. The number of hydrogen-bond donors (Lipinski definition) is 0. The predicted molar refractivity (Wildman–Crippen MR) is 110 cm³/mol. The van der Waals surface area contributed by atoms with Gasteiger partial charge in [0.05, 0.1) is 4.90 Å². The summed E-state index contributed by atoms with van der Waals surface area (Å²) in [6.07, 6.45) is 0. The Bertz CT molecular complexity index is 1150. The molecule has 0 bridgehead atoms. The standard InChI is InChI=1S/C21H22N4O4S/c1-15-3-9-19(10-4-15)30(27,28)25-13-11-24(12-14-25)21(26)18-7-5-17(6-8-18)20-22-16(2)29-23-20/h3-10H,11-14H2,1-2H3. The molecule has 0 spiro atoms. The van der Waals surface area contributed by atoms with Crippen LogP contribution in [-0.4, -0.2) is 59.8 Å². The Labute approximate surface area is 175 Å². The Morgan fingerprint density at radius 1 is 0.933 bits per heavy atom. The van der Waals surface area contributed by atoms with Crippen molar-refractivity contribution >= 4 is 15.9 Å². The third-order valence-electron chi connectivity index (χ3n) is 5.10. The largest absolute Gasteiger partial charge is 0.339 e. The van der Waals surface area contributed by atoms with Gasteiger partial charge in [-0.3, -0.25) is 4.79 Å². The molecule has 1 aromatic heterocycles. The summed E-state index contributed by atoms with van der Waals surface area (Å²) in [6.45, 7) is 4.85. The smallest absolute Gasteiger partial charge is 0.253 e. The van der Waals surface area contributed by atoms with E-state index in [1.165, 1.54) is 4.31 Å². The summed E-state index contributed by atoms with van der Waals surface area (Å²) in [5.41, 5.74) is 2.30. The molecule has 0 atom stereocenters. The summed E-state index contributed by atoms with van der Waals surface area (Å²) in [5.74, 6) is 0.822. The summed E-state index contributed by atoms with van der Waals surface area (Å²) >= 11 is 0. The van der Waals surface area contributed by atoms with Crippen LogP contribution in [0.3, 0.4) is 0 Å². The molecule has 0 radical (unpaired) electrons. The molecular weight excluding hydrogens is 404 g/mol. The van der Waals surface area contributed by atoms with Crippen LogP contribution < -0.4 is 0 Å². The van der Waals surface area contributed by atoms with Crippen molar-refractivity contribution < 1.29 is 17.7 Å². The van der Waals surface area contributed by atoms with Gasteiger partial charge in [0, 0.05) is 44.2 Å². The van der Waals surface area contributed by atoms with E-state index in [0.29, 0.717) is 30.4 Å². The van der Waals surface area contributed by atoms with Crippen LogP contribution in [0.15, 0.2) is 57.9 Å². The maximum absolute atomic E-state index is 12.8. The monoisotopic (exact) mass is 426 g/mol. The lowest BCUT2D eigenvalue weighted by Crippen LogP contribution is -2.50. The summed E-state index contributed by atoms with van der Waals surface area (Å²) in [4.78, 5) is 18.9. The minimum Gasteiger partial charge on any atom is -0.339 e. The van der Waals surface area contributed by atoms with Crippen LogP contribution in [0.5, 0.6) is 0 Å². The van der Waals surface area contributed by atoms with Gasteiger partial charge >= 0.3 is 0 Å². The zero-order valence-corrected chi connectivity index (χ0v) is 17.6. The van der Waals surface area contributed by atoms with Gasteiger partial charge in [0.25, 0.3) is 5.91 Å². The molecule has 9 heteroatoms. The number of aromatic nitrogens is 2. The number of hydrogen-bond acceptors (Lipinski definition) is 6. The number of aryl methyl sites for hydroxylation is 2. The lowest BCUT2D eigenvalue weighted by atomic mass is 10.1. The summed E-state index contributed by atoms with van der Waals surface area (Å²) in [6, 6.07) is 13.8. The Morgan fingerprint density at radius 3 is 2.13 bits per heavy atom. The lowest BCUT2D eigenvalue weighted by Gasteiger charge is -2.34. The summed E-state index contributed by atoms with van der Waals surface area (Å²) in [7, 11) is -3.55. The van der Waals surface area contributed by atoms with E-state index in [0.717, 1.165) is 11.1 Å². The van der Waals surface area contributed by atoms with Gasteiger partial charge < -0.3 is 9.42 Å². The summed E-state index contributed by atoms with van der Waals surface area (Å²) in [5, 5.41) is 3.87. The molecule has 8 nitrogen and oxygen atoms in total. The van der Waals surface area contributed by atoms with Gasteiger partial charge in [0.15, 0.2) is 0 Å². The molecule has 1 fully saturated rings. The van der Waals surface area contributed by atoms with Crippen LogP contribution in [0.1, 0.15) is 21.8 Å². The van der Waals surface area contributed by atoms with Crippen LogP contribution >= 0.6 is 0 Å². The average molecular weight is 426 g/mol. The maximum atomic E-state index is 12.8. The van der Waals surface area contributed by atoms with Gasteiger partial charge in [-0.05, 0) is 31.2 Å². The molecule has 1 aliphatic rings. The second-order valence-electron chi connectivity index (χ2n) is 7.22. The number of nitrogens with zero attached hydrogens (tertiary/aromatic N) is 4. The van der Waals surface area contributed by atoms with Crippen molar-refractivity contribution in [1.29, 1.82) is 0 Å². The van der Waals surface area contributed by atoms with Crippen molar-refractivity contribution in [2.75, 3.05) is 26.2 Å². The Kier molecular flexibility index (Phi) is 5.40. The van der Waals surface area contributed by atoms with Gasteiger partial charge in [0.2, 0.25) is 21.7 Å². The lowest BCUT2D eigenvalue weighted by molar-refractivity contribution is 0.0698. The topological polar surface area (TPSA) is 96.6 Å². The van der Waals surface area contributed by atoms with Crippen molar-refractivity contribution in [3.8, 4) is 11.4 Å². The fraction of sp³-hybridized carbons (Fsp3) is 0.286. The Balaban J connectivity index is 1.41. The predicted octanol–water partition coefficient (Wildman–Crippen LogP) is 2.50. The van der Waals surface area contributed by atoms with Crippen LogP contribution in [0, 0.1) is 13.8 Å². The maximum Gasteiger partial charge on any atom is 0.253 e. The molecule has 2 heterocycles. The molecule has 4 rings (SSSR count). The van der Waals surface area contributed by atoms with Crippen LogP contribution in [0.25, 0.3) is 11.4 Å². The quantitative estimate of drug-likeness (QED) is 0.636. The third-order valence-corrected chi connectivity index (χ3v) is 7.02. The van der Waals surface area contributed by atoms with E-state index in [1.807, 2.05) is 6.92 Å². The number of piperazine rings is 1. The number of amides is 1. The number of rotatable bonds is 4. The number of benzene rings is 2. The molecule has 30 heavy (non-hydrogen) atoms. The zero-order valence-electron chi connectivity index (χ0n) is 16.8. The van der Waals surface area contributed by atoms with Crippen molar-refractivity contribution in [2.45, 2.75) is 18.7 Å². The zero-order chi connectivity index (χ0) is 21.3. The molecular formula is C21H22N4O4S. The Morgan fingerprint density at radius 2 is 1.57 bits per heavy atom. The summed E-state index contributed by atoms with van der Waals surface area (Å²) < 4.78 is 32.1. The molecule has 1 amide bonds. The minimum atomic E-state index is -3.55. The fourth-order valence-electron chi connectivity index (χ4n) is 3.35. The second-order valence-corrected chi connectivity index (χ2v) is 9.16. The first-order valence-corrected chi connectivity index (χ1v) is 11.1. The van der Waals surface area contributed by atoms with Crippen molar-refractivity contribution in [2.24, 2.45) is 0 Å². The molecule has 1 saturated heterocycles. The van der Waals surface area contributed by atoms with Crippen molar-refractivity contribution in [3.05, 3.63) is 65.5 Å². The molecule has 0 unspecified atom stereocenters. The first-order valence-electron chi connectivity index (χ1n) is 9.61. The van der Waals surface area contributed by atoms with Gasteiger partial charge in [-0.25, -0.2) is 8.42 Å². The number of carbonyl (C=O) groups is 1. The molecule has 0 saturated carbocycles.